The lowest BCUT2D eigenvalue weighted by Crippen LogP contribution is -2.10. The zero-order valence-electron chi connectivity index (χ0n) is 14.3. The Morgan fingerprint density at radius 1 is 1.30 bits per heavy atom. The Morgan fingerprint density at radius 2 is 2.19 bits per heavy atom. The largest absolute Gasteiger partial charge is 0.862 e. The average molecular weight is 397 g/mol. The predicted octanol–water partition coefficient (Wildman–Crippen LogP) is 2.91. The van der Waals surface area contributed by atoms with Crippen LogP contribution in [0.5, 0.6) is 0 Å². The van der Waals surface area contributed by atoms with E-state index in [1.807, 2.05) is 36.6 Å². The topological polar surface area (TPSA) is 128 Å². The number of aromatic nitrogens is 6. The molecule has 3 heterocycles. The van der Waals surface area contributed by atoms with Gasteiger partial charge < -0.3 is 10.4 Å². The molecule has 136 valence electrons. The first-order valence-corrected chi connectivity index (χ1v) is 9.54. The summed E-state index contributed by atoms with van der Waals surface area (Å²) in [5.74, 6) is 0.262. The Balaban J connectivity index is 1.56. The number of thiazole rings is 2. The molecule has 0 atom stereocenters. The first-order chi connectivity index (χ1) is 13.1. The van der Waals surface area contributed by atoms with Crippen molar-refractivity contribution in [2.75, 3.05) is 5.32 Å². The van der Waals surface area contributed by atoms with Crippen molar-refractivity contribution in [2.45, 2.75) is 13.8 Å². The zero-order chi connectivity index (χ0) is 18.8. The van der Waals surface area contributed by atoms with Crippen LogP contribution in [-0.2, 0) is 0 Å². The van der Waals surface area contributed by atoms with Gasteiger partial charge in [-0.3, -0.25) is 0 Å². The Hall–Kier alpha value is -3.18. The standard InChI is InChI=1S/C16H14N8OS2/c1-8-13(27-16(17-8)18-9(2)25)12-7-26-15(20-12)19-11-5-3-4-10(6-11)14-21-23-24-22-14/h3-7H,1-2H3,(H,19,20)(H,17,18,25)(H,21,22,23,24)/p-1. The van der Waals surface area contributed by atoms with Gasteiger partial charge in [-0.05, 0) is 37.1 Å². The summed E-state index contributed by atoms with van der Waals surface area (Å²) in [4.78, 5) is 13.7. The second-order valence-corrected chi connectivity index (χ2v) is 7.36. The minimum atomic E-state index is -0.266. The van der Waals surface area contributed by atoms with Crippen LogP contribution in [0.15, 0.2) is 34.6 Å². The highest BCUT2D eigenvalue weighted by Gasteiger charge is 2.13. The van der Waals surface area contributed by atoms with E-state index in [0.29, 0.717) is 11.0 Å². The van der Waals surface area contributed by atoms with E-state index in [0.717, 1.165) is 32.6 Å². The smallest absolute Gasteiger partial charge is 0.209 e. The third-order valence-corrected chi connectivity index (χ3v) is 5.32. The molecule has 0 bridgehead atoms. The molecule has 0 spiro atoms. The lowest BCUT2D eigenvalue weighted by Gasteiger charge is -2.03. The third kappa shape index (κ3) is 3.83. The molecular weight excluding hydrogens is 384 g/mol. The molecule has 0 saturated carbocycles. The van der Waals surface area contributed by atoms with E-state index in [1.54, 1.807) is 0 Å². The number of H-pyrrole nitrogens is 1. The van der Waals surface area contributed by atoms with E-state index in [2.05, 4.69) is 40.9 Å². The second-order valence-electron chi connectivity index (χ2n) is 5.52. The number of hydrogen-bond acceptors (Lipinski definition) is 10. The number of hydrogen-bond donors (Lipinski definition) is 2. The number of tetrazole rings is 1. The van der Waals surface area contributed by atoms with Crippen LogP contribution in [-0.4, -0.2) is 36.5 Å². The zero-order valence-corrected chi connectivity index (χ0v) is 15.9. The fourth-order valence-electron chi connectivity index (χ4n) is 2.38. The van der Waals surface area contributed by atoms with E-state index in [9.17, 15) is 5.11 Å². The predicted molar refractivity (Wildman–Crippen MR) is 104 cm³/mol. The van der Waals surface area contributed by atoms with E-state index in [1.165, 1.54) is 29.6 Å². The summed E-state index contributed by atoms with van der Waals surface area (Å²) in [7, 11) is 0. The SMILES string of the molecule is C/C([O-])=N/c1nc(C)c(-c2csc(Nc3cccc(-c4nn[nH]n4)c3)n2)s1. The summed E-state index contributed by atoms with van der Waals surface area (Å²) in [5.41, 5.74) is 3.32. The van der Waals surface area contributed by atoms with Crippen LogP contribution in [0.3, 0.4) is 0 Å². The lowest BCUT2D eigenvalue weighted by molar-refractivity contribution is -0.215. The normalized spacial score (nSPS) is 11.7. The molecule has 4 aromatic rings. The fourth-order valence-corrected chi connectivity index (χ4v) is 4.12. The minimum Gasteiger partial charge on any atom is -0.862 e. The number of rotatable bonds is 5. The van der Waals surface area contributed by atoms with E-state index in [-0.39, 0.29) is 5.90 Å². The van der Waals surface area contributed by atoms with Crippen LogP contribution >= 0.6 is 22.7 Å². The summed E-state index contributed by atoms with van der Waals surface area (Å²) >= 11 is 2.84. The highest BCUT2D eigenvalue weighted by atomic mass is 32.1. The molecule has 0 amide bonds. The quantitative estimate of drug-likeness (QED) is 0.391. The molecule has 3 aromatic heterocycles. The Morgan fingerprint density at radius 3 is 2.96 bits per heavy atom. The molecule has 9 nitrogen and oxygen atoms in total. The van der Waals surface area contributed by atoms with Gasteiger partial charge in [0.25, 0.3) is 0 Å². The van der Waals surface area contributed by atoms with Crippen LogP contribution < -0.4 is 10.4 Å². The number of aryl methyl sites for hydroxylation is 1. The number of aliphatic imine (C=N–C) groups is 1. The molecule has 0 fully saturated rings. The van der Waals surface area contributed by atoms with Crippen LogP contribution in [0.1, 0.15) is 12.6 Å². The van der Waals surface area contributed by atoms with Crippen LogP contribution in [0.4, 0.5) is 16.0 Å². The van der Waals surface area contributed by atoms with Crippen molar-refractivity contribution in [3.05, 3.63) is 35.3 Å². The minimum absolute atomic E-state index is 0.266. The molecule has 27 heavy (non-hydrogen) atoms. The molecule has 2 N–H and O–H groups in total. The maximum absolute atomic E-state index is 11.2. The van der Waals surface area contributed by atoms with Gasteiger partial charge in [0.1, 0.15) is 0 Å². The number of nitrogens with one attached hydrogen (secondary N) is 2. The number of nitrogens with zero attached hydrogens (tertiary/aromatic N) is 6. The molecule has 0 saturated heterocycles. The van der Waals surface area contributed by atoms with Gasteiger partial charge >= 0.3 is 0 Å². The van der Waals surface area contributed by atoms with E-state index in [4.69, 9.17) is 0 Å². The summed E-state index contributed by atoms with van der Waals surface area (Å²) < 4.78 is 0. The van der Waals surface area contributed by atoms with Crippen molar-refractivity contribution < 1.29 is 5.11 Å². The van der Waals surface area contributed by atoms with Crippen molar-refractivity contribution in [1.29, 1.82) is 0 Å². The monoisotopic (exact) mass is 397 g/mol. The first kappa shape index (κ1) is 17.2. The van der Waals surface area contributed by atoms with Gasteiger partial charge in [0.2, 0.25) is 11.0 Å². The van der Waals surface area contributed by atoms with Gasteiger partial charge in [0, 0.05) is 16.6 Å². The van der Waals surface area contributed by atoms with Gasteiger partial charge in [-0.1, -0.05) is 23.5 Å². The van der Waals surface area contributed by atoms with E-state index >= 15 is 0 Å². The van der Waals surface area contributed by atoms with Crippen molar-refractivity contribution in [3.63, 3.8) is 0 Å². The maximum Gasteiger partial charge on any atom is 0.209 e. The summed E-state index contributed by atoms with van der Waals surface area (Å²) in [6.45, 7) is 3.29. The van der Waals surface area contributed by atoms with Crippen molar-refractivity contribution in [3.8, 4) is 22.0 Å². The van der Waals surface area contributed by atoms with Crippen molar-refractivity contribution in [1.82, 2.24) is 30.6 Å². The van der Waals surface area contributed by atoms with E-state index < -0.39 is 0 Å². The molecule has 0 aliphatic heterocycles. The van der Waals surface area contributed by atoms with Gasteiger partial charge in [-0.15, -0.1) is 21.5 Å². The maximum atomic E-state index is 11.2. The Labute approximate surface area is 161 Å². The first-order valence-electron chi connectivity index (χ1n) is 7.85. The number of aromatic amines is 1. The number of benzene rings is 1. The van der Waals surface area contributed by atoms with Crippen LogP contribution in [0, 0.1) is 6.92 Å². The third-order valence-electron chi connectivity index (χ3n) is 3.49. The molecule has 1 aromatic carbocycles. The summed E-state index contributed by atoms with van der Waals surface area (Å²) in [6, 6.07) is 7.68. The summed E-state index contributed by atoms with van der Waals surface area (Å²) in [6.07, 6.45) is 0. The summed E-state index contributed by atoms with van der Waals surface area (Å²) in [5, 5.41) is 31.6. The van der Waals surface area contributed by atoms with Gasteiger partial charge in [-0.2, -0.15) is 5.21 Å². The Kier molecular flexibility index (Phi) is 4.60. The molecule has 11 heteroatoms. The molecule has 4 rings (SSSR count). The van der Waals surface area contributed by atoms with Gasteiger partial charge in [-0.25, -0.2) is 15.0 Å². The molecular formula is C16H13N8OS2-. The Bertz CT molecular complexity index is 1100. The van der Waals surface area contributed by atoms with Gasteiger partial charge in [0.05, 0.1) is 16.3 Å². The molecule has 0 radical (unpaired) electrons. The average Bonchev–Trinajstić information content (AvgIpc) is 3.36. The van der Waals surface area contributed by atoms with Gasteiger partial charge in [0.15, 0.2) is 5.13 Å². The number of anilines is 2. The highest BCUT2D eigenvalue weighted by Crippen LogP contribution is 2.36. The second kappa shape index (κ2) is 7.21. The molecule has 0 unspecified atom stereocenters. The molecule has 0 aliphatic carbocycles. The fraction of sp³-hybridized carbons (Fsp3) is 0.125. The lowest BCUT2D eigenvalue weighted by atomic mass is 10.2. The van der Waals surface area contributed by atoms with Crippen LogP contribution in [0.2, 0.25) is 0 Å². The molecule has 0 aliphatic rings. The van der Waals surface area contributed by atoms with Crippen LogP contribution in [0.25, 0.3) is 22.0 Å². The highest BCUT2D eigenvalue weighted by molar-refractivity contribution is 7.19. The van der Waals surface area contributed by atoms with Crippen molar-refractivity contribution >= 4 is 44.5 Å². The van der Waals surface area contributed by atoms with Crippen molar-refractivity contribution in [2.24, 2.45) is 4.99 Å².